The van der Waals surface area contributed by atoms with Crippen molar-refractivity contribution in [3.63, 3.8) is 0 Å². The lowest BCUT2D eigenvalue weighted by atomic mass is 9.76. The third kappa shape index (κ3) is 6.31. The Hall–Kier alpha value is -1.91. The molecule has 0 atom stereocenters. The number of rotatable bonds is 7. The van der Waals surface area contributed by atoms with Crippen LogP contribution in [-0.2, 0) is 14.8 Å². The van der Waals surface area contributed by atoms with Gasteiger partial charge in [0.25, 0.3) is 0 Å². The first-order valence-corrected chi connectivity index (χ1v) is 14.1. The van der Waals surface area contributed by atoms with Gasteiger partial charge < -0.3 is 14.5 Å². The molecule has 0 radical (unpaired) electrons. The smallest absolute Gasteiger partial charge is 0.244 e. The van der Waals surface area contributed by atoms with Crippen LogP contribution < -0.4 is 4.74 Å². The molecular weight excluding hydrogens is 528 g/mol. The van der Waals surface area contributed by atoms with E-state index in [1.807, 2.05) is 11.9 Å². The van der Waals surface area contributed by atoms with E-state index in [0.717, 1.165) is 13.1 Å². The number of piperazine rings is 1. The molecule has 2 aromatic carbocycles. The molecule has 0 spiro atoms. The fourth-order valence-electron chi connectivity index (χ4n) is 4.65. The van der Waals surface area contributed by atoms with E-state index >= 15 is 0 Å². The molecule has 0 N–H and O–H groups in total. The molecule has 0 bridgehead atoms. The van der Waals surface area contributed by atoms with Gasteiger partial charge in [-0.15, -0.1) is 0 Å². The molecule has 0 saturated carbocycles. The number of hydrogen-bond acceptors (Lipinski definition) is 5. The van der Waals surface area contributed by atoms with E-state index in [-0.39, 0.29) is 47.8 Å². The van der Waals surface area contributed by atoms with Crippen LogP contribution in [0.4, 0.5) is 4.39 Å². The second-order valence-corrected chi connectivity index (χ2v) is 12.3. The predicted molar refractivity (Wildman–Crippen MR) is 137 cm³/mol. The zero-order chi connectivity index (χ0) is 25.9. The maximum atomic E-state index is 13.3. The van der Waals surface area contributed by atoms with Gasteiger partial charge >= 0.3 is 0 Å². The minimum Gasteiger partial charge on any atom is -0.493 e. The molecule has 2 aliphatic heterocycles. The Labute approximate surface area is 221 Å². The Morgan fingerprint density at radius 2 is 1.64 bits per heavy atom. The molecule has 7 nitrogen and oxygen atoms in total. The highest BCUT2D eigenvalue weighted by atomic mass is 35.5. The van der Waals surface area contributed by atoms with Crippen LogP contribution in [0, 0.1) is 11.2 Å². The third-order valence-electron chi connectivity index (χ3n) is 7.04. The summed E-state index contributed by atoms with van der Waals surface area (Å²) in [4.78, 5) is 17.3. The molecule has 0 aliphatic carbocycles. The molecule has 1 amide bonds. The Morgan fingerprint density at radius 3 is 2.25 bits per heavy atom. The summed E-state index contributed by atoms with van der Waals surface area (Å²) < 4.78 is 47.3. The molecule has 2 fully saturated rings. The van der Waals surface area contributed by atoms with Gasteiger partial charge in [0.05, 0.1) is 11.6 Å². The van der Waals surface area contributed by atoms with Gasteiger partial charge in [-0.3, -0.25) is 4.79 Å². The lowest BCUT2D eigenvalue weighted by molar-refractivity contribution is -0.136. The average Bonchev–Trinajstić information content (AvgIpc) is 2.84. The van der Waals surface area contributed by atoms with Crippen LogP contribution in [-0.4, -0.2) is 81.4 Å². The van der Waals surface area contributed by atoms with E-state index in [1.165, 1.54) is 34.6 Å². The number of amides is 1. The summed E-state index contributed by atoms with van der Waals surface area (Å²) in [6, 6.07) is 10.1. The lowest BCUT2D eigenvalue weighted by Gasteiger charge is -2.42. The number of ether oxygens (including phenoxy) is 1. The van der Waals surface area contributed by atoms with E-state index in [1.54, 1.807) is 12.1 Å². The van der Waals surface area contributed by atoms with Gasteiger partial charge in [-0.2, -0.15) is 4.31 Å². The number of carbonyl (C=O) groups is 1. The second kappa shape index (κ2) is 11.2. The standard InChI is InChI=1S/C25H30Cl2FN3O4S/c1-29-12-14-30(15-13-29)24(32)17-25(18-35-21-5-3-20(28)4-6-21)8-10-31(11-9-25)36(33,34)23-7-2-19(26)16-22(23)27/h2-7,16H,8-15,17-18H2,1H3. The minimum absolute atomic E-state index is 0.0112. The van der Waals surface area contributed by atoms with Crippen LogP contribution >= 0.6 is 23.2 Å². The summed E-state index contributed by atoms with van der Waals surface area (Å²) >= 11 is 12.1. The van der Waals surface area contributed by atoms with E-state index in [0.29, 0.717) is 36.7 Å². The van der Waals surface area contributed by atoms with Crippen molar-refractivity contribution in [1.29, 1.82) is 0 Å². The van der Waals surface area contributed by atoms with Crippen molar-refractivity contribution < 1.29 is 22.3 Å². The zero-order valence-corrected chi connectivity index (χ0v) is 22.5. The van der Waals surface area contributed by atoms with Crippen molar-refractivity contribution in [3.8, 4) is 5.75 Å². The largest absolute Gasteiger partial charge is 0.493 e. The number of carbonyl (C=O) groups excluding carboxylic acids is 1. The molecule has 196 valence electrons. The van der Waals surface area contributed by atoms with E-state index in [9.17, 15) is 17.6 Å². The number of nitrogens with zero attached hydrogens (tertiary/aromatic N) is 3. The monoisotopic (exact) mass is 557 g/mol. The highest BCUT2D eigenvalue weighted by molar-refractivity contribution is 7.89. The number of piperidine rings is 1. The molecular formula is C25H30Cl2FN3O4S. The number of benzene rings is 2. The van der Waals surface area contributed by atoms with E-state index in [2.05, 4.69) is 4.90 Å². The van der Waals surface area contributed by atoms with Gasteiger partial charge in [0, 0.05) is 56.1 Å². The van der Waals surface area contributed by atoms with Gasteiger partial charge in [0.15, 0.2) is 0 Å². The Kier molecular flexibility index (Phi) is 8.46. The topological polar surface area (TPSA) is 70.2 Å². The molecule has 2 aromatic rings. The summed E-state index contributed by atoms with van der Waals surface area (Å²) in [7, 11) is -1.80. The van der Waals surface area contributed by atoms with Crippen LogP contribution in [0.5, 0.6) is 5.75 Å². The second-order valence-electron chi connectivity index (χ2n) is 9.58. The molecule has 2 heterocycles. The van der Waals surface area contributed by atoms with Crippen LogP contribution in [0.25, 0.3) is 0 Å². The van der Waals surface area contributed by atoms with Gasteiger partial charge in [-0.05, 0) is 62.4 Å². The fourth-order valence-corrected chi connectivity index (χ4v) is 6.84. The van der Waals surface area contributed by atoms with Gasteiger partial charge in [-0.25, -0.2) is 12.8 Å². The maximum Gasteiger partial charge on any atom is 0.244 e. The predicted octanol–water partition coefficient (Wildman–Crippen LogP) is 4.15. The number of hydrogen-bond donors (Lipinski definition) is 0. The Morgan fingerprint density at radius 1 is 1.00 bits per heavy atom. The SMILES string of the molecule is CN1CCN(C(=O)CC2(COc3ccc(F)cc3)CCN(S(=O)(=O)c3ccc(Cl)cc3Cl)CC2)CC1. The summed E-state index contributed by atoms with van der Waals surface area (Å²) in [6.07, 6.45) is 1.14. The number of halogens is 3. The molecule has 4 rings (SSSR count). The van der Waals surface area contributed by atoms with Crippen molar-refractivity contribution in [2.45, 2.75) is 24.2 Å². The first-order valence-electron chi connectivity index (χ1n) is 11.9. The minimum atomic E-state index is -3.83. The van der Waals surface area contributed by atoms with Crippen LogP contribution in [0.15, 0.2) is 47.4 Å². The van der Waals surface area contributed by atoms with Crippen molar-refractivity contribution in [2.75, 3.05) is 52.9 Å². The van der Waals surface area contributed by atoms with Gasteiger partial charge in [0.1, 0.15) is 16.5 Å². The van der Waals surface area contributed by atoms with Crippen molar-refractivity contribution >= 4 is 39.1 Å². The normalized spacial score (nSPS) is 19.3. The van der Waals surface area contributed by atoms with Crippen molar-refractivity contribution in [3.05, 3.63) is 58.3 Å². The van der Waals surface area contributed by atoms with Crippen LogP contribution in [0.1, 0.15) is 19.3 Å². The van der Waals surface area contributed by atoms with Crippen LogP contribution in [0.3, 0.4) is 0 Å². The van der Waals surface area contributed by atoms with Crippen molar-refractivity contribution in [1.82, 2.24) is 14.1 Å². The molecule has 0 aromatic heterocycles. The third-order valence-corrected chi connectivity index (χ3v) is 9.65. The molecule has 2 aliphatic rings. The van der Waals surface area contributed by atoms with Crippen molar-refractivity contribution in [2.24, 2.45) is 5.41 Å². The Bertz CT molecular complexity index is 1180. The fraction of sp³-hybridized carbons (Fsp3) is 0.480. The Balaban J connectivity index is 1.50. The highest BCUT2D eigenvalue weighted by Gasteiger charge is 2.42. The summed E-state index contributed by atoms with van der Waals surface area (Å²) in [6.45, 7) is 3.65. The van der Waals surface area contributed by atoms with Crippen LogP contribution in [0.2, 0.25) is 10.0 Å². The first-order chi connectivity index (χ1) is 17.1. The van der Waals surface area contributed by atoms with Gasteiger partial charge in [0.2, 0.25) is 15.9 Å². The lowest BCUT2D eigenvalue weighted by Crippen LogP contribution is -2.51. The number of likely N-dealkylation sites (N-methyl/N-ethyl adjacent to an activating group) is 1. The summed E-state index contributed by atoms with van der Waals surface area (Å²) in [5.41, 5.74) is -0.551. The summed E-state index contributed by atoms with van der Waals surface area (Å²) in [5, 5.41) is 0.432. The first kappa shape index (κ1) is 27.1. The summed E-state index contributed by atoms with van der Waals surface area (Å²) in [5.74, 6) is 0.190. The average molecular weight is 559 g/mol. The quantitative estimate of drug-likeness (QED) is 0.511. The van der Waals surface area contributed by atoms with Gasteiger partial charge in [-0.1, -0.05) is 23.2 Å². The molecule has 11 heteroatoms. The van der Waals surface area contributed by atoms with E-state index in [4.69, 9.17) is 27.9 Å². The van der Waals surface area contributed by atoms with E-state index < -0.39 is 15.4 Å². The molecule has 2 saturated heterocycles. The molecule has 36 heavy (non-hydrogen) atoms. The highest BCUT2D eigenvalue weighted by Crippen LogP contribution is 2.39. The zero-order valence-electron chi connectivity index (χ0n) is 20.1. The number of sulfonamides is 1. The maximum absolute atomic E-state index is 13.3. The molecule has 0 unspecified atom stereocenters.